The quantitative estimate of drug-likeness (QED) is 0.754. The van der Waals surface area contributed by atoms with E-state index < -0.39 is 22.5 Å². The van der Waals surface area contributed by atoms with Gasteiger partial charge in [-0.2, -0.15) is 8.42 Å². The summed E-state index contributed by atoms with van der Waals surface area (Å²) in [6.45, 7) is 1.14. The number of aromatic nitrogens is 1. The summed E-state index contributed by atoms with van der Waals surface area (Å²) in [5.74, 6) is -0.679. The molecule has 0 unspecified atom stereocenters. The highest BCUT2D eigenvalue weighted by Crippen LogP contribution is 2.14. The first-order valence-electron chi connectivity index (χ1n) is 6.89. The van der Waals surface area contributed by atoms with Gasteiger partial charge in [0.05, 0.1) is 11.5 Å². The number of pyridine rings is 1. The van der Waals surface area contributed by atoms with Crippen LogP contribution in [0.2, 0.25) is 0 Å². The van der Waals surface area contributed by atoms with Crippen LogP contribution in [0.25, 0.3) is 0 Å². The molecule has 0 radical (unpaired) electrons. The van der Waals surface area contributed by atoms with E-state index in [-0.39, 0.29) is 16.9 Å². The molecular formula is C15H16BrN3O4S. The third-order valence-electron chi connectivity index (χ3n) is 3.20. The highest BCUT2D eigenvalue weighted by molar-refractivity contribution is 9.10. The summed E-state index contributed by atoms with van der Waals surface area (Å²) in [6, 6.07) is 9.24. The van der Waals surface area contributed by atoms with Crippen LogP contribution in [0, 0.1) is 6.92 Å². The summed E-state index contributed by atoms with van der Waals surface area (Å²) in [7, 11) is -3.98. The number of hydrogen-bond acceptors (Lipinski definition) is 4. The minimum atomic E-state index is -3.98. The number of primary amides is 1. The van der Waals surface area contributed by atoms with Gasteiger partial charge >= 0.3 is 0 Å². The van der Waals surface area contributed by atoms with Crippen molar-refractivity contribution in [2.45, 2.75) is 25.0 Å². The van der Waals surface area contributed by atoms with Crippen molar-refractivity contribution in [3.8, 4) is 0 Å². The summed E-state index contributed by atoms with van der Waals surface area (Å²) in [6.07, 6.45) is 0. The molecule has 0 atom stereocenters. The normalized spacial score (nSPS) is 12.4. The monoisotopic (exact) mass is 413 g/mol. The van der Waals surface area contributed by atoms with Crippen molar-refractivity contribution in [1.82, 2.24) is 4.57 Å². The van der Waals surface area contributed by atoms with E-state index in [9.17, 15) is 18.3 Å². The van der Waals surface area contributed by atoms with Gasteiger partial charge in [0.1, 0.15) is 12.0 Å². The van der Waals surface area contributed by atoms with Crippen LogP contribution >= 0.6 is 15.9 Å². The first-order valence-corrected chi connectivity index (χ1v) is 9.12. The lowest BCUT2D eigenvalue weighted by Gasteiger charge is -2.12. The number of carbonyl (C=O) groups excluding carboxylic acids is 1. The van der Waals surface area contributed by atoms with Gasteiger partial charge in [-0.05, 0) is 31.2 Å². The first kappa shape index (κ1) is 18.4. The van der Waals surface area contributed by atoms with Crippen LogP contribution in [0.5, 0.6) is 0 Å². The van der Waals surface area contributed by atoms with Gasteiger partial charge < -0.3 is 15.4 Å². The number of amides is 1. The molecule has 3 N–H and O–H groups in total. The Morgan fingerprint density at radius 3 is 2.46 bits per heavy atom. The second-order valence-corrected chi connectivity index (χ2v) is 7.63. The molecule has 7 nitrogen and oxygen atoms in total. The van der Waals surface area contributed by atoms with Crippen molar-refractivity contribution in [2.24, 2.45) is 10.1 Å². The molecular weight excluding hydrogens is 398 g/mol. The Kier molecular flexibility index (Phi) is 5.58. The highest BCUT2D eigenvalue weighted by atomic mass is 79.9. The zero-order chi connectivity index (χ0) is 17.9. The average Bonchev–Trinajstić information content (AvgIpc) is 2.49. The fraction of sp³-hybridized carbons (Fsp3) is 0.200. The van der Waals surface area contributed by atoms with Gasteiger partial charge in [0.15, 0.2) is 0 Å². The molecule has 0 aliphatic heterocycles. The Bertz CT molecular complexity index is 934. The lowest BCUT2D eigenvalue weighted by Crippen LogP contribution is -2.31. The number of benzene rings is 1. The fourth-order valence-corrected chi connectivity index (χ4v) is 3.51. The number of rotatable bonds is 5. The maximum atomic E-state index is 12.5. The summed E-state index contributed by atoms with van der Waals surface area (Å²) in [4.78, 5) is 11.3. The molecule has 0 fully saturated rings. The number of aliphatic hydroxyl groups excluding tert-OH is 1. The van der Waals surface area contributed by atoms with E-state index in [1.165, 1.54) is 22.8 Å². The molecule has 0 saturated heterocycles. The third kappa shape index (κ3) is 4.31. The molecule has 0 bridgehead atoms. The number of hydrogen-bond donors (Lipinski definition) is 2. The summed E-state index contributed by atoms with van der Waals surface area (Å²) in [5, 5.41) is 9.44. The zero-order valence-electron chi connectivity index (χ0n) is 12.8. The van der Waals surface area contributed by atoms with Crippen LogP contribution in [0.15, 0.2) is 50.2 Å². The van der Waals surface area contributed by atoms with E-state index in [0.717, 1.165) is 5.56 Å². The van der Waals surface area contributed by atoms with Gasteiger partial charge in [-0.15, -0.1) is 4.40 Å². The summed E-state index contributed by atoms with van der Waals surface area (Å²) < 4.78 is 30.6. The minimum absolute atomic E-state index is 0.00667. The molecule has 1 aromatic carbocycles. The third-order valence-corrected chi connectivity index (χ3v) is 4.96. The number of carbonyl (C=O) groups is 1. The van der Waals surface area contributed by atoms with Crippen LogP contribution in [-0.2, 0) is 28.0 Å². The maximum Gasteiger partial charge on any atom is 0.284 e. The topological polar surface area (TPSA) is 115 Å². The van der Waals surface area contributed by atoms with Gasteiger partial charge in [-0.3, -0.25) is 4.79 Å². The average molecular weight is 414 g/mol. The Balaban J connectivity index is 2.69. The number of aliphatic hydroxyl groups is 1. The number of nitrogens with zero attached hydrogens (tertiary/aromatic N) is 2. The molecule has 2 rings (SSSR count). The Morgan fingerprint density at radius 1 is 1.29 bits per heavy atom. The predicted octanol–water partition coefficient (Wildman–Crippen LogP) is 0.826. The lowest BCUT2D eigenvalue weighted by atomic mass is 10.2. The molecule has 0 aliphatic rings. The fourth-order valence-electron chi connectivity index (χ4n) is 2.06. The Labute approximate surface area is 147 Å². The molecule has 0 aliphatic carbocycles. The summed E-state index contributed by atoms with van der Waals surface area (Å²) >= 11 is 3.23. The van der Waals surface area contributed by atoms with Crippen LogP contribution in [-0.4, -0.2) is 24.0 Å². The van der Waals surface area contributed by atoms with Crippen LogP contribution in [0.3, 0.4) is 0 Å². The van der Waals surface area contributed by atoms with Gasteiger partial charge in [0.2, 0.25) is 5.91 Å². The largest absolute Gasteiger partial charge is 0.390 e. The smallest absolute Gasteiger partial charge is 0.284 e. The van der Waals surface area contributed by atoms with Crippen molar-refractivity contribution in [3.05, 3.63) is 57.6 Å². The van der Waals surface area contributed by atoms with E-state index in [1.54, 1.807) is 18.2 Å². The first-order chi connectivity index (χ1) is 11.2. The molecule has 0 saturated carbocycles. The predicted molar refractivity (Wildman–Crippen MR) is 91.2 cm³/mol. The van der Waals surface area contributed by atoms with Crippen LogP contribution < -0.4 is 11.2 Å². The number of halogens is 1. The van der Waals surface area contributed by atoms with Gasteiger partial charge in [-0.1, -0.05) is 33.6 Å². The lowest BCUT2D eigenvalue weighted by molar-refractivity contribution is -0.118. The van der Waals surface area contributed by atoms with Gasteiger partial charge in [0.25, 0.3) is 10.0 Å². The maximum absolute atomic E-state index is 12.5. The van der Waals surface area contributed by atoms with E-state index in [1.807, 2.05) is 6.92 Å². The second-order valence-electron chi connectivity index (χ2n) is 5.11. The molecule has 1 amide bonds. The van der Waals surface area contributed by atoms with Crippen molar-refractivity contribution in [1.29, 1.82) is 0 Å². The molecule has 2 aromatic rings. The molecule has 1 aromatic heterocycles. The van der Waals surface area contributed by atoms with Crippen LogP contribution in [0.1, 0.15) is 11.3 Å². The molecule has 24 heavy (non-hydrogen) atoms. The Morgan fingerprint density at radius 2 is 1.92 bits per heavy atom. The van der Waals surface area contributed by atoms with Crippen LogP contribution in [0.4, 0.5) is 0 Å². The standard InChI is InChI=1S/C15H16BrN3O4S/c1-10-2-4-13(5-3-10)24(22,23)18-15-7-11(16)6-12(9-20)19(15)8-14(17)21/h2-7,20H,8-9H2,1H3,(H2,17,21)/b18-15-. The molecule has 0 spiro atoms. The summed E-state index contributed by atoms with van der Waals surface area (Å²) in [5.41, 5.74) is 6.42. The van der Waals surface area contributed by atoms with Crippen molar-refractivity contribution in [2.75, 3.05) is 0 Å². The van der Waals surface area contributed by atoms with E-state index >= 15 is 0 Å². The van der Waals surface area contributed by atoms with Crippen molar-refractivity contribution >= 4 is 31.9 Å². The highest BCUT2D eigenvalue weighted by Gasteiger charge is 2.14. The number of nitrogens with two attached hydrogens (primary N) is 1. The molecule has 1 heterocycles. The number of sulfonamides is 1. The van der Waals surface area contributed by atoms with E-state index in [4.69, 9.17) is 5.73 Å². The van der Waals surface area contributed by atoms with Crippen molar-refractivity contribution < 1.29 is 18.3 Å². The van der Waals surface area contributed by atoms with E-state index in [0.29, 0.717) is 10.2 Å². The van der Waals surface area contributed by atoms with Crippen molar-refractivity contribution in [3.63, 3.8) is 0 Å². The van der Waals surface area contributed by atoms with Gasteiger partial charge in [-0.25, -0.2) is 0 Å². The Hall–Kier alpha value is -1.97. The number of aryl methyl sites for hydroxylation is 1. The second kappa shape index (κ2) is 7.29. The molecule has 128 valence electrons. The van der Waals surface area contributed by atoms with Gasteiger partial charge in [0, 0.05) is 10.2 Å². The van der Waals surface area contributed by atoms with E-state index in [2.05, 4.69) is 20.3 Å². The minimum Gasteiger partial charge on any atom is -0.390 e. The zero-order valence-corrected chi connectivity index (χ0v) is 15.2. The SMILES string of the molecule is Cc1ccc(S(=O)(=O)/N=c2/cc(Br)cc(CO)n2CC(N)=O)cc1. The molecule has 9 heteroatoms.